The first-order chi connectivity index (χ1) is 17.2. The van der Waals surface area contributed by atoms with Crippen molar-refractivity contribution in [3.05, 3.63) is 96.6 Å². The van der Waals surface area contributed by atoms with E-state index >= 15 is 0 Å². The molecule has 5 rings (SSSR count). The summed E-state index contributed by atoms with van der Waals surface area (Å²) in [6, 6.07) is 29.1. The molecule has 0 aliphatic carbocycles. The third kappa shape index (κ3) is 5.12. The van der Waals surface area contributed by atoms with E-state index in [0.29, 0.717) is 36.9 Å². The van der Waals surface area contributed by atoms with Crippen LogP contribution in [0.3, 0.4) is 0 Å². The van der Waals surface area contributed by atoms with Gasteiger partial charge in [0, 0.05) is 43.0 Å². The summed E-state index contributed by atoms with van der Waals surface area (Å²) in [4.78, 5) is 29.3. The highest BCUT2D eigenvalue weighted by atomic mass is 32.2. The molecule has 8 heteroatoms. The predicted molar refractivity (Wildman–Crippen MR) is 136 cm³/mol. The van der Waals surface area contributed by atoms with Crippen molar-refractivity contribution < 1.29 is 9.59 Å². The number of aromatic nitrogens is 3. The number of piperazine rings is 1. The molecule has 1 aromatic heterocycles. The van der Waals surface area contributed by atoms with Crippen molar-refractivity contribution in [3.63, 3.8) is 0 Å². The van der Waals surface area contributed by atoms with E-state index in [1.807, 2.05) is 105 Å². The maximum Gasteiger partial charge on any atom is 0.253 e. The van der Waals surface area contributed by atoms with E-state index in [4.69, 9.17) is 0 Å². The zero-order chi connectivity index (χ0) is 24.0. The van der Waals surface area contributed by atoms with Gasteiger partial charge in [-0.05, 0) is 24.3 Å². The summed E-state index contributed by atoms with van der Waals surface area (Å²) in [5, 5.41) is 9.51. The van der Waals surface area contributed by atoms with Gasteiger partial charge in [-0.2, -0.15) is 0 Å². The van der Waals surface area contributed by atoms with Crippen molar-refractivity contribution in [1.29, 1.82) is 0 Å². The molecule has 1 saturated heterocycles. The van der Waals surface area contributed by atoms with E-state index in [1.54, 1.807) is 0 Å². The second-order valence-corrected chi connectivity index (χ2v) is 9.11. The van der Waals surface area contributed by atoms with Crippen LogP contribution in [0, 0.1) is 0 Å². The smallest absolute Gasteiger partial charge is 0.253 e. The molecule has 0 unspecified atom stereocenters. The van der Waals surface area contributed by atoms with Gasteiger partial charge in [0.25, 0.3) is 5.91 Å². The molecular weight excluding hydrogens is 458 g/mol. The van der Waals surface area contributed by atoms with Gasteiger partial charge in [-0.1, -0.05) is 78.5 Å². The summed E-state index contributed by atoms with van der Waals surface area (Å²) in [5.41, 5.74) is 2.58. The van der Waals surface area contributed by atoms with Crippen molar-refractivity contribution in [2.75, 3.05) is 31.9 Å². The van der Waals surface area contributed by atoms with E-state index in [1.165, 1.54) is 11.8 Å². The first-order valence-corrected chi connectivity index (χ1v) is 12.5. The highest BCUT2D eigenvalue weighted by molar-refractivity contribution is 7.99. The number of thioether (sulfide) groups is 1. The Hall–Kier alpha value is -3.91. The Bertz CT molecular complexity index is 1290. The van der Waals surface area contributed by atoms with Gasteiger partial charge in [0.15, 0.2) is 11.0 Å². The molecule has 35 heavy (non-hydrogen) atoms. The molecule has 0 saturated carbocycles. The molecule has 0 spiro atoms. The van der Waals surface area contributed by atoms with Crippen LogP contribution in [0.15, 0.2) is 96.2 Å². The number of benzene rings is 3. The minimum absolute atomic E-state index is 0.0106. The molecule has 0 radical (unpaired) electrons. The van der Waals surface area contributed by atoms with Crippen LogP contribution >= 0.6 is 11.8 Å². The van der Waals surface area contributed by atoms with Gasteiger partial charge in [0.2, 0.25) is 5.91 Å². The highest BCUT2D eigenvalue weighted by Crippen LogP contribution is 2.28. The maximum absolute atomic E-state index is 13.0. The maximum atomic E-state index is 13.0. The number of hydrogen-bond donors (Lipinski definition) is 0. The summed E-state index contributed by atoms with van der Waals surface area (Å²) < 4.78 is 1.99. The topological polar surface area (TPSA) is 71.3 Å². The lowest BCUT2D eigenvalue weighted by atomic mass is 10.2. The number of rotatable bonds is 6. The van der Waals surface area contributed by atoms with Gasteiger partial charge in [0.1, 0.15) is 0 Å². The molecule has 2 heterocycles. The Balaban J connectivity index is 1.25. The van der Waals surface area contributed by atoms with Crippen LogP contribution in [0.25, 0.3) is 17.1 Å². The highest BCUT2D eigenvalue weighted by Gasteiger charge is 2.25. The third-order valence-electron chi connectivity index (χ3n) is 5.94. The number of hydrogen-bond acceptors (Lipinski definition) is 5. The molecule has 1 aliphatic rings. The lowest BCUT2D eigenvalue weighted by molar-refractivity contribution is -0.129. The summed E-state index contributed by atoms with van der Waals surface area (Å²) in [6.07, 6.45) is 0. The second kappa shape index (κ2) is 10.6. The first-order valence-electron chi connectivity index (χ1n) is 11.5. The first kappa shape index (κ1) is 22.9. The van der Waals surface area contributed by atoms with Gasteiger partial charge < -0.3 is 9.80 Å². The zero-order valence-electron chi connectivity index (χ0n) is 19.2. The Morgan fingerprint density at radius 1 is 0.714 bits per heavy atom. The van der Waals surface area contributed by atoms with E-state index in [0.717, 1.165) is 17.1 Å². The standard InChI is InChI=1S/C27H25N5O2S/c33-24(30-16-18-31(19-17-30)26(34)22-12-6-2-7-13-22)20-35-27-29-28-25(21-10-4-1-5-11-21)32(27)23-14-8-3-9-15-23/h1-15H,16-20H2. The van der Waals surface area contributed by atoms with Gasteiger partial charge in [-0.25, -0.2) is 0 Å². The Kier molecular flexibility index (Phi) is 6.90. The summed E-state index contributed by atoms with van der Waals surface area (Å²) in [7, 11) is 0. The van der Waals surface area contributed by atoms with Crippen LogP contribution in [0.2, 0.25) is 0 Å². The number of carbonyl (C=O) groups excluding carboxylic acids is 2. The average Bonchev–Trinajstić information content (AvgIpc) is 3.37. The lowest BCUT2D eigenvalue weighted by Gasteiger charge is -2.34. The molecule has 4 aromatic rings. The predicted octanol–water partition coefficient (Wildman–Crippen LogP) is 4.01. The molecule has 1 aliphatic heterocycles. The third-order valence-corrected chi connectivity index (χ3v) is 6.86. The van der Waals surface area contributed by atoms with Gasteiger partial charge >= 0.3 is 0 Å². The van der Waals surface area contributed by atoms with Crippen LogP contribution in [0.4, 0.5) is 0 Å². The van der Waals surface area contributed by atoms with E-state index in [9.17, 15) is 9.59 Å². The number of amides is 2. The summed E-state index contributed by atoms with van der Waals surface area (Å²) in [6.45, 7) is 2.11. The number of nitrogens with zero attached hydrogens (tertiary/aromatic N) is 5. The lowest BCUT2D eigenvalue weighted by Crippen LogP contribution is -2.51. The Morgan fingerprint density at radius 3 is 1.94 bits per heavy atom. The normalized spacial score (nSPS) is 13.6. The van der Waals surface area contributed by atoms with Gasteiger partial charge in [-0.3, -0.25) is 14.2 Å². The van der Waals surface area contributed by atoms with Gasteiger partial charge in [0.05, 0.1) is 5.75 Å². The summed E-state index contributed by atoms with van der Waals surface area (Å²) in [5.74, 6) is 1.04. The van der Waals surface area contributed by atoms with Crippen molar-refractivity contribution in [2.45, 2.75) is 5.16 Å². The molecule has 0 bridgehead atoms. The fraction of sp³-hybridized carbons (Fsp3) is 0.185. The monoisotopic (exact) mass is 483 g/mol. The zero-order valence-corrected chi connectivity index (χ0v) is 20.0. The minimum Gasteiger partial charge on any atom is -0.338 e. The SMILES string of the molecule is O=C(CSc1nnc(-c2ccccc2)n1-c1ccccc1)N1CCN(C(=O)c2ccccc2)CC1. The number of carbonyl (C=O) groups is 2. The van der Waals surface area contributed by atoms with Crippen LogP contribution in [0.1, 0.15) is 10.4 Å². The van der Waals surface area contributed by atoms with Crippen LogP contribution in [-0.4, -0.2) is 68.3 Å². The molecule has 0 atom stereocenters. The molecular formula is C27H25N5O2S. The van der Waals surface area contributed by atoms with Crippen molar-refractivity contribution >= 4 is 23.6 Å². The van der Waals surface area contributed by atoms with Crippen LogP contribution in [-0.2, 0) is 4.79 Å². The summed E-state index contributed by atoms with van der Waals surface area (Å²) >= 11 is 1.38. The van der Waals surface area contributed by atoms with E-state index < -0.39 is 0 Å². The van der Waals surface area contributed by atoms with Crippen LogP contribution < -0.4 is 0 Å². The quantitative estimate of drug-likeness (QED) is 0.388. The fourth-order valence-electron chi connectivity index (χ4n) is 4.09. The Labute approximate surface area is 208 Å². The molecule has 176 valence electrons. The van der Waals surface area contributed by atoms with Crippen molar-refractivity contribution in [1.82, 2.24) is 24.6 Å². The molecule has 3 aromatic carbocycles. The fourth-order valence-corrected chi connectivity index (χ4v) is 4.94. The van der Waals surface area contributed by atoms with Gasteiger partial charge in [-0.15, -0.1) is 10.2 Å². The molecule has 1 fully saturated rings. The molecule has 2 amide bonds. The average molecular weight is 484 g/mol. The largest absolute Gasteiger partial charge is 0.338 e. The minimum atomic E-state index is 0.0106. The second-order valence-electron chi connectivity index (χ2n) is 8.17. The van der Waals surface area contributed by atoms with E-state index in [2.05, 4.69) is 10.2 Å². The molecule has 0 N–H and O–H groups in total. The Morgan fingerprint density at radius 2 is 1.29 bits per heavy atom. The van der Waals surface area contributed by atoms with Crippen LogP contribution in [0.5, 0.6) is 0 Å². The molecule has 7 nitrogen and oxygen atoms in total. The van der Waals surface area contributed by atoms with Crippen molar-refractivity contribution in [3.8, 4) is 17.1 Å². The number of para-hydroxylation sites is 1. The van der Waals surface area contributed by atoms with E-state index in [-0.39, 0.29) is 17.6 Å². The van der Waals surface area contributed by atoms with Crippen molar-refractivity contribution in [2.24, 2.45) is 0 Å².